The summed E-state index contributed by atoms with van der Waals surface area (Å²) >= 11 is 0. The molecule has 1 aliphatic rings. The van der Waals surface area contributed by atoms with Gasteiger partial charge in [0.25, 0.3) is 0 Å². The summed E-state index contributed by atoms with van der Waals surface area (Å²) in [5.41, 5.74) is 0.0239. The van der Waals surface area contributed by atoms with E-state index in [1.165, 1.54) is 10.4 Å². The third kappa shape index (κ3) is 2.73. The summed E-state index contributed by atoms with van der Waals surface area (Å²) in [6, 6.07) is 2.89. The minimum Gasteiger partial charge on any atom is -0.271 e. The molecule has 17 heavy (non-hydrogen) atoms. The molecule has 94 valence electrons. The highest BCUT2D eigenvalue weighted by atomic mass is 32.2. The molecule has 1 N–H and O–H groups in total. The van der Waals surface area contributed by atoms with Gasteiger partial charge in [0.2, 0.25) is 0 Å². The number of nitrogens with one attached hydrogen (secondary N) is 1. The average molecular weight is 262 g/mol. The van der Waals surface area contributed by atoms with Crippen LogP contribution in [0, 0.1) is 11.6 Å². The fourth-order valence-corrected chi connectivity index (χ4v) is 2.99. The van der Waals surface area contributed by atoms with Gasteiger partial charge in [-0.15, -0.1) is 0 Å². The normalized spacial score (nSPS) is 17.3. The zero-order valence-corrected chi connectivity index (χ0v) is 9.80. The van der Waals surface area contributed by atoms with Crippen molar-refractivity contribution in [1.82, 2.24) is 4.31 Å². The van der Waals surface area contributed by atoms with Crippen molar-refractivity contribution in [2.75, 3.05) is 17.8 Å². The van der Waals surface area contributed by atoms with Crippen molar-refractivity contribution in [2.24, 2.45) is 0 Å². The number of rotatable bonds is 3. The highest BCUT2D eigenvalue weighted by Gasteiger charge is 2.25. The van der Waals surface area contributed by atoms with Gasteiger partial charge >= 0.3 is 10.2 Å². The third-order valence-corrected chi connectivity index (χ3v) is 4.11. The van der Waals surface area contributed by atoms with Crippen LogP contribution in [-0.4, -0.2) is 25.8 Å². The molecule has 1 aromatic carbocycles. The summed E-state index contributed by atoms with van der Waals surface area (Å²) in [6.07, 6.45) is 1.64. The molecule has 0 bridgehead atoms. The molecule has 1 heterocycles. The van der Waals surface area contributed by atoms with Crippen molar-refractivity contribution in [2.45, 2.75) is 12.8 Å². The molecule has 0 amide bonds. The van der Waals surface area contributed by atoms with Crippen LogP contribution in [0.4, 0.5) is 14.5 Å². The largest absolute Gasteiger partial charge is 0.301 e. The topological polar surface area (TPSA) is 49.4 Å². The highest BCUT2D eigenvalue weighted by Crippen LogP contribution is 2.18. The lowest BCUT2D eigenvalue weighted by Crippen LogP contribution is -2.33. The quantitative estimate of drug-likeness (QED) is 0.901. The number of anilines is 1. The number of hydrogen-bond donors (Lipinski definition) is 1. The summed E-state index contributed by atoms with van der Waals surface area (Å²) in [7, 11) is -3.65. The van der Waals surface area contributed by atoms with Crippen molar-refractivity contribution in [3.05, 3.63) is 29.8 Å². The van der Waals surface area contributed by atoms with Crippen molar-refractivity contribution in [3.63, 3.8) is 0 Å². The van der Waals surface area contributed by atoms with Crippen LogP contribution in [0.5, 0.6) is 0 Å². The Morgan fingerprint density at radius 1 is 1.12 bits per heavy atom. The van der Waals surface area contributed by atoms with Gasteiger partial charge in [0.15, 0.2) is 11.6 Å². The van der Waals surface area contributed by atoms with E-state index in [9.17, 15) is 17.2 Å². The highest BCUT2D eigenvalue weighted by molar-refractivity contribution is 7.90. The third-order valence-electron chi connectivity index (χ3n) is 2.57. The van der Waals surface area contributed by atoms with Gasteiger partial charge < -0.3 is 0 Å². The van der Waals surface area contributed by atoms with Gasteiger partial charge in [-0.1, -0.05) is 0 Å². The second-order valence-corrected chi connectivity index (χ2v) is 5.51. The van der Waals surface area contributed by atoms with Crippen LogP contribution < -0.4 is 4.72 Å². The van der Waals surface area contributed by atoms with Crippen molar-refractivity contribution < 1.29 is 17.2 Å². The van der Waals surface area contributed by atoms with Crippen LogP contribution in [0.15, 0.2) is 18.2 Å². The van der Waals surface area contributed by atoms with E-state index < -0.39 is 21.8 Å². The summed E-state index contributed by atoms with van der Waals surface area (Å²) in [5, 5.41) is 0. The standard InChI is InChI=1S/C10H12F2N2O2S/c11-9-4-3-8(7-10(9)12)13-17(15,16)14-5-1-2-6-14/h3-4,7,13H,1-2,5-6H2. The zero-order chi connectivity index (χ0) is 12.5. The second kappa shape index (κ2) is 4.58. The van der Waals surface area contributed by atoms with E-state index in [0.717, 1.165) is 25.0 Å². The molecule has 1 saturated heterocycles. The van der Waals surface area contributed by atoms with E-state index in [2.05, 4.69) is 4.72 Å². The van der Waals surface area contributed by atoms with Gasteiger partial charge in [0.1, 0.15) is 0 Å². The first-order chi connectivity index (χ1) is 7.99. The van der Waals surface area contributed by atoms with Crippen LogP contribution >= 0.6 is 0 Å². The van der Waals surface area contributed by atoms with Crippen molar-refractivity contribution >= 4 is 15.9 Å². The second-order valence-electron chi connectivity index (χ2n) is 3.84. The molecular weight excluding hydrogens is 250 g/mol. The van der Waals surface area contributed by atoms with Gasteiger partial charge in [-0.3, -0.25) is 4.72 Å². The first-order valence-corrected chi connectivity index (χ1v) is 6.66. The maximum absolute atomic E-state index is 12.9. The Bertz CT molecular complexity index is 513. The molecule has 1 aromatic rings. The molecule has 0 aliphatic carbocycles. The van der Waals surface area contributed by atoms with E-state index in [1.807, 2.05) is 0 Å². The number of hydrogen-bond acceptors (Lipinski definition) is 2. The van der Waals surface area contributed by atoms with Crippen LogP contribution in [-0.2, 0) is 10.2 Å². The van der Waals surface area contributed by atoms with Gasteiger partial charge in [-0.05, 0) is 25.0 Å². The van der Waals surface area contributed by atoms with E-state index in [0.29, 0.717) is 13.1 Å². The molecule has 4 nitrogen and oxygen atoms in total. The first-order valence-electron chi connectivity index (χ1n) is 5.22. The van der Waals surface area contributed by atoms with Crippen molar-refractivity contribution in [1.29, 1.82) is 0 Å². The Hall–Kier alpha value is -1.21. The summed E-state index contributed by atoms with van der Waals surface area (Å²) in [6.45, 7) is 0.915. The molecule has 7 heteroatoms. The van der Waals surface area contributed by atoms with Crippen LogP contribution in [0.1, 0.15) is 12.8 Å². The fourth-order valence-electron chi connectivity index (χ4n) is 1.70. The van der Waals surface area contributed by atoms with Gasteiger partial charge in [-0.2, -0.15) is 12.7 Å². The Morgan fingerprint density at radius 2 is 1.76 bits per heavy atom. The lowest BCUT2D eigenvalue weighted by Gasteiger charge is -2.16. The van der Waals surface area contributed by atoms with Crippen LogP contribution in [0.25, 0.3) is 0 Å². The zero-order valence-electron chi connectivity index (χ0n) is 8.99. The summed E-state index contributed by atoms with van der Waals surface area (Å²) < 4.78 is 52.7. The molecule has 1 aliphatic heterocycles. The van der Waals surface area contributed by atoms with E-state index >= 15 is 0 Å². The number of nitrogens with zero attached hydrogens (tertiary/aromatic N) is 1. The lowest BCUT2D eigenvalue weighted by molar-refractivity contribution is 0.482. The van der Waals surface area contributed by atoms with E-state index in [1.54, 1.807) is 0 Å². The number of benzene rings is 1. The molecule has 1 fully saturated rings. The average Bonchev–Trinajstić information content (AvgIpc) is 2.77. The van der Waals surface area contributed by atoms with Gasteiger partial charge in [0, 0.05) is 19.2 Å². The summed E-state index contributed by atoms with van der Waals surface area (Å²) in [5.74, 6) is -2.08. The predicted molar refractivity (Wildman–Crippen MR) is 59.7 cm³/mol. The van der Waals surface area contributed by atoms with Gasteiger partial charge in [-0.25, -0.2) is 8.78 Å². The predicted octanol–water partition coefficient (Wildman–Crippen LogP) is 1.72. The molecule has 0 atom stereocenters. The molecule has 0 unspecified atom stereocenters. The minimum atomic E-state index is -3.65. The first kappa shape index (κ1) is 12.3. The smallest absolute Gasteiger partial charge is 0.271 e. The Labute approximate surface area is 98.4 Å². The maximum atomic E-state index is 12.9. The SMILES string of the molecule is O=S(=O)(Nc1ccc(F)c(F)c1)N1CCCC1. The minimum absolute atomic E-state index is 0.0239. The summed E-state index contributed by atoms with van der Waals surface area (Å²) in [4.78, 5) is 0. The Morgan fingerprint density at radius 3 is 2.35 bits per heavy atom. The van der Waals surface area contributed by atoms with Gasteiger partial charge in [0.05, 0.1) is 5.69 Å². The van der Waals surface area contributed by atoms with Crippen LogP contribution in [0.3, 0.4) is 0 Å². The molecule has 2 rings (SSSR count). The molecular formula is C10H12F2N2O2S. The fraction of sp³-hybridized carbons (Fsp3) is 0.400. The Balaban J connectivity index is 2.17. The maximum Gasteiger partial charge on any atom is 0.301 e. The van der Waals surface area contributed by atoms with E-state index in [4.69, 9.17) is 0 Å². The molecule has 0 spiro atoms. The monoisotopic (exact) mass is 262 g/mol. The number of halogens is 2. The van der Waals surface area contributed by atoms with Crippen LogP contribution in [0.2, 0.25) is 0 Å². The molecule has 0 radical (unpaired) electrons. The van der Waals surface area contributed by atoms with Crippen molar-refractivity contribution in [3.8, 4) is 0 Å². The Kier molecular flexibility index (Phi) is 3.30. The molecule has 0 aromatic heterocycles. The van der Waals surface area contributed by atoms with E-state index in [-0.39, 0.29) is 5.69 Å². The lowest BCUT2D eigenvalue weighted by atomic mass is 10.3. The molecule has 0 saturated carbocycles.